The molecule has 0 spiro atoms. The first-order chi connectivity index (χ1) is 8.66. The molecule has 0 aliphatic carbocycles. The molecule has 96 valence electrons. The second-order valence-corrected chi connectivity index (χ2v) is 5.35. The molecule has 5 heteroatoms. The molecule has 1 aromatic carbocycles. The number of benzene rings is 1. The number of imide groups is 1. The molecule has 1 aliphatic rings. The number of rotatable bonds is 5. The van der Waals surface area contributed by atoms with E-state index in [0.29, 0.717) is 6.54 Å². The van der Waals surface area contributed by atoms with Gasteiger partial charge in [-0.15, -0.1) is 0 Å². The van der Waals surface area contributed by atoms with Crippen LogP contribution in [-0.4, -0.2) is 35.7 Å². The number of hydrogen-bond acceptors (Lipinski definition) is 3. The fraction of sp³-hybridized carbons (Fsp3) is 0.385. The summed E-state index contributed by atoms with van der Waals surface area (Å²) < 4.78 is 0. The van der Waals surface area contributed by atoms with E-state index in [0.717, 1.165) is 11.5 Å². The van der Waals surface area contributed by atoms with Crippen LogP contribution in [0, 0.1) is 6.92 Å². The monoisotopic (exact) mass is 264 g/mol. The lowest BCUT2D eigenvalue weighted by Gasteiger charge is -2.11. The van der Waals surface area contributed by atoms with Gasteiger partial charge in [0.25, 0.3) is 0 Å². The van der Waals surface area contributed by atoms with Crippen molar-refractivity contribution in [3.05, 3.63) is 35.4 Å². The number of nitrogens with zero attached hydrogens (tertiary/aromatic N) is 1. The zero-order chi connectivity index (χ0) is 13.0. The number of nitrogens with one attached hydrogen (secondary N) is 1. The van der Waals surface area contributed by atoms with Crippen LogP contribution in [0.25, 0.3) is 0 Å². The number of thioether (sulfide) groups is 1. The van der Waals surface area contributed by atoms with Gasteiger partial charge < -0.3 is 5.32 Å². The average Bonchev–Trinajstić information content (AvgIpc) is 2.66. The van der Waals surface area contributed by atoms with Crippen molar-refractivity contribution in [2.45, 2.75) is 12.7 Å². The Hall–Kier alpha value is -1.49. The van der Waals surface area contributed by atoms with Crippen LogP contribution in [0.4, 0.5) is 4.79 Å². The van der Waals surface area contributed by atoms with Gasteiger partial charge in [0.05, 0.1) is 6.54 Å². The van der Waals surface area contributed by atoms with Crippen LogP contribution in [0.1, 0.15) is 11.1 Å². The lowest BCUT2D eigenvalue weighted by molar-refractivity contribution is -0.124. The molecule has 1 N–H and O–H groups in total. The quantitative estimate of drug-likeness (QED) is 0.651. The molecule has 18 heavy (non-hydrogen) atoms. The van der Waals surface area contributed by atoms with E-state index >= 15 is 0 Å². The highest BCUT2D eigenvalue weighted by molar-refractivity contribution is 7.98. The minimum Gasteiger partial charge on any atom is -0.329 e. The molecule has 1 saturated heterocycles. The number of carbonyl (C=O) groups excluding carboxylic acids is 2. The molecule has 2 rings (SSSR count). The average molecular weight is 264 g/mol. The third-order valence-corrected chi connectivity index (χ3v) is 3.76. The predicted octanol–water partition coefficient (Wildman–Crippen LogP) is 1.78. The molecule has 0 atom stereocenters. The molecule has 1 heterocycles. The molecule has 0 aromatic heterocycles. The number of carbonyl (C=O) groups is 2. The summed E-state index contributed by atoms with van der Waals surface area (Å²) in [5, 5.41) is 2.51. The van der Waals surface area contributed by atoms with Gasteiger partial charge in [-0.1, -0.05) is 29.8 Å². The van der Waals surface area contributed by atoms with Gasteiger partial charge in [0, 0.05) is 18.1 Å². The first-order valence-corrected chi connectivity index (χ1v) is 7.04. The maximum absolute atomic E-state index is 11.3. The maximum Gasteiger partial charge on any atom is 0.324 e. The van der Waals surface area contributed by atoms with Gasteiger partial charge in [-0.3, -0.25) is 9.69 Å². The number of urea groups is 1. The highest BCUT2D eigenvalue weighted by Crippen LogP contribution is 2.14. The largest absolute Gasteiger partial charge is 0.329 e. The molecule has 1 fully saturated rings. The predicted molar refractivity (Wildman–Crippen MR) is 72.5 cm³/mol. The molecule has 0 saturated carbocycles. The van der Waals surface area contributed by atoms with E-state index < -0.39 is 0 Å². The van der Waals surface area contributed by atoms with Gasteiger partial charge in [-0.25, -0.2) is 4.79 Å². The summed E-state index contributed by atoms with van der Waals surface area (Å²) in [5.41, 5.74) is 2.53. The molecule has 0 bridgehead atoms. The summed E-state index contributed by atoms with van der Waals surface area (Å²) in [7, 11) is 0. The van der Waals surface area contributed by atoms with Gasteiger partial charge in [0.1, 0.15) is 0 Å². The SMILES string of the molecule is Cc1cccc(CSCCN2C(=O)CNC2=O)c1. The van der Waals surface area contributed by atoms with E-state index in [4.69, 9.17) is 0 Å². The van der Waals surface area contributed by atoms with E-state index in [1.165, 1.54) is 16.0 Å². The van der Waals surface area contributed by atoms with E-state index in [9.17, 15) is 9.59 Å². The third kappa shape index (κ3) is 3.26. The van der Waals surface area contributed by atoms with Crippen molar-refractivity contribution < 1.29 is 9.59 Å². The summed E-state index contributed by atoms with van der Waals surface area (Å²) in [4.78, 5) is 23.9. The van der Waals surface area contributed by atoms with Crippen LogP contribution in [0.3, 0.4) is 0 Å². The highest BCUT2D eigenvalue weighted by atomic mass is 32.2. The highest BCUT2D eigenvalue weighted by Gasteiger charge is 2.27. The molecule has 1 aromatic rings. The molecular formula is C13H16N2O2S. The van der Waals surface area contributed by atoms with Gasteiger partial charge in [-0.05, 0) is 12.5 Å². The molecule has 0 radical (unpaired) electrons. The molecule has 3 amide bonds. The minimum atomic E-state index is -0.267. The van der Waals surface area contributed by atoms with Crippen molar-refractivity contribution in [1.29, 1.82) is 0 Å². The van der Waals surface area contributed by atoms with Crippen molar-refractivity contribution in [1.82, 2.24) is 10.2 Å². The van der Waals surface area contributed by atoms with Crippen LogP contribution in [0.5, 0.6) is 0 Å². The topological polar surface area (TPSA) is 49.4 Å². The second-order valence-electron chi connectivity index (χ2n) is 4.25. The number of hydrogen-bond donors (Lipinski definition) is 1. The Morgan fingerprint density at radius 1 is 1.39 bits per heavy atom. The lowest BCUT2D eigenvalue weighted by Crippen LogP contribution is -2.32. The normalized spacial score (nSPS) is 15.1. The van der Waals surface area contributed by atoms with E-state index in [1.807, 2.05) is 6.07 Å². The number of amides is 3. The van der Waals surface area contributed by atoms with E-state index in [2.05, 4.69) is 30.4 Å². The van der Waals surface area contributed by atoms with Crippen molar-refractivity contribution >= 4 is 23.7 Å². The molecule has 4 nitrogen and oxygen atoms in total. The van der Waals surface area contributed by atoms with Crippen LogP contribution in [0.2, 0.25) is 0 Å². The zero-order valence-electron chi connectivity index (χ0n) is 10.3. The van der Waals surface area contributed by atoms with Crippen LogP contribution < -0.4 is 5.32 Å². The van der Waals surface area contributed by atoms with Crippen molar-refractivity contribution in [3.8, 4) is 0 Å². The van der Waals surface area contributed by atoms with Crippen LogP contribution >= 0.6 is 11.8 Å². The Bertz CT molecular complexity index is 446. The summed E-state index contributed by atoms with van der Waals surface area (Å²) in [6, 6.07) is 8.09. The van der Waals surface area contributed by atoms with Crippen LogP contribution in [-0.2, 0) is 10.5 Å². The van der Waals surface area contributed by atoms with Crippen LogP contribution in [0.15, 0.2) is 24.3 Å². The van der Waals surface area contributed by atoms with E-state index in [-0.39, 0.29) is 18.5 Å². The summed E-state index contributed by atoms with van der Waals surface area (Å²) >= 11 is 1.73. The first kappa shape index (κ1) is 13.0. The first-order valence-electron chi connectivity index (χ1n) is 5.88. The van der Waals surface area contributed by atoms with Crippen molar-refractivity contribution in [2.24, 2.45) is 0 Å². The Morgan fingerprint density at radius 2 is 2.22 bits per heavy atom. The molecular weight excluding hydrogens is 248 g/mol. The lowest BCUT2D eigenvalue weighted by atomic mass is 10.2. The molecule has 0 unspecified atom stereocenters. The minimum absolute atomic E-state index is 0.129. The van der Waals surface area contributed by atoms with Crippen molar-refractivity contribution in [2.75, 3.05) is 18.8 Å². The van der Waals surface area contributed by atoms with Gasteiger partial charge in [-0.2, -0.15) is 11.8 Å². The summed E-state index contributed by atoms with van der Waals surface area (Å²) in [6.07, 6.45) is 0. The van der Waals surface area contributed by atoms with Gasteiger partial charge >= 0.3 is 6.03 Å². The Balaban J connectivity index is 1.73. The van der Waals surface area contributed by atoms with E-state index in [1.54, 1.807) is 11.8 Å². The Kier molecular flexibility index (Phi) is 4.25. The summed E-state index contributed by atoms with van der Waals surface area (Å²) in [5.74, 6) is 1.55. The maximum atomic E-state index is 11.3. The fourth-order valence-corrected chi connectivity index (χ4v) is 2.70. The zero-order valence-corrected chi connectivity index (χ0v) is 11.1. The standard InChI is InChI=1S/C13H16N2O2S/c1-10-3-2-4-11(7-10)9-18-6-5-15-12(16)8-14-13(15)17/h2-4,7H,5-6,8-9H2,1H3,(H,14,17). The summed E-state index contributed by atoms with van der Waals surface area (Å²) in [6.45, 7) is 2.70. The number of aryl methyl sites for hydroxylation is 1. The Morgan fingerprint density at radius 3 is 2.89 bits per heavy atom. The second kappa shape index (κ2) is 5.91. The Labute approximate surface area is 111 Å². The molecule has 1 aliphatic heterocycles. The third-order valence-electron chi connectivity index (χ3n) is 2.75. The van der Waals surface area contributed by atoms with Gasteiger partial charge in [0.2, 0.25) is 5.91 Å². The van der Waals surface area contributed by atoms with Crippen molar-refractivity contribution in [3.63, 3.8) is 0 Å². The fourth-order valence-electron chi connectivity index (χ4n) is 1.83. The smallest absolute Gasteiger partial charge is 0.324 e. The van der Waals surface area contributed by atoms with Gasteiger partial charge in [0.15, 0.2) is 0 Å².